The van der Waals surface area contributed by atoms with E-state index in [9.17, 15) is 4.79 Å². The molecule has 5 heteroatoms. The summed E-state index contributed by atoms with van der Waals surface area (Å²) in [6.45, 7) is 6.96. The predicted octanol–water partition coefficient (Wildman–Crippen LogP) is 1.46. The van der Waals surface area contributed by atoms with Gasteiger partial charge in [-0.15, -0.1) is 0 Å². The highest BCUT2D eigenvalue weighted by molar-refractivity contribution is 5.76. The molecule has 0 spiro atoms. The molecular formula is C17H29N3O2. The van der Waals surface area contributed by atoms with E-state index in [2.05, 4.69) is 24.5 Å². The number of ether oxygens (including phenoxy) is 1. The van der Waals surface area contributed by atoms with Crippen LogP contribution < -0.4 is 21.1 Å². The molecule has 0 fully saturated rings. The second kappa shape index (κ2) is 11.0. The third kappa shape index (κ3) is 8.64. The van der Waals surface area contributed by atoms with Crippen molar-refractivity contribution in [3.63, 3.8) is 0 Å². The van der Waals surface area contributed by atoms with E-state index in [1.165, 1.54) is 0 Å². The maximum absolute atomic E-state index is 11.5. The van der Waals surface area contributed by atoms with Crippen molar-refractivity contribution in [2.24, 2.45) is 5.73 Å². The lowest BCUT2D eigenvalue weighted by Gasteiger charge is -2.09. The van der Waals surface area contributed by atoms with Gasteiger partial charge in [0.2, 0.25) is 5.91 Å². The number of carbonyl (C=O) groups excluding carboxylic acids is 1. The van der Waals surface area contributed by atoms with E-state index in [4.69, 9.17) is 10.5 Å². The molecule has 4 N–H and O–H groups in total. The van der Waals surface area contributed by atoms with Crippen molar-refractivity contribution < 1.29 is 9.53 Å². The predicted molar refractivity (Wildman–Crippen MR) is 90.1 cm³/mol. The Bertz CT molecular complexity index is 418. The van der Waals surface area contributed by atoms with Gasteiger partial charge in [0.1, 0.15) is 5.75 Å². The summed E-state index contributed by atoms with van der Waals surface area (Å²) in [7, 11) is 0. The van der Waals surface area contributed by atoms with Gasteiger partial charge in [-0.05, 0) is 37.1 Å². The lowest BCUT2D eigenvalue weighted by Crippen LogP contribution is -2.29. The van der Waals surface area contributed by atoms with Gasteiger partial charge in [-0.25, -0.2) is 0 Å². The molecule has 22 heavy (non-hydrogen) atoms. The van der Waals surface area contributed by atoms with Crippen molar-refractivity contribution in [3.05, 3.63) is 29.8 Å². The van der Waals surface area contributed by atoms with E-state index >= 15 is 0 Å². The van der Waals surface area contributed by atoms with Crippen LogP contribution in [0.25, 0.3) is 0 Å². The van der Waals surface area contributed by atoms with Crippen LogP contribution in [0.5, 0.6) is 5.75 Å². The highest BCUT2D eigenvalue weighted by atomic mass is 16.5. The molecule has 0 radical (unpaired) electrons. The average molecular weight is 307 g/mol. The normalized spacial score (nSPS) is 10.7. The molecule has 1 aromatic carbocycles. The first-order valence-electron chi connectivity index (χ1n) is 8.03. The molecule has 1 aromatic rings. The molecule has 0 aliphatic carbocycles. The van der Waals surface area contributed by atoms with Gasteiger partial charge < -0.3 is 21.1 Å². The van der Waals surface area contributed by atoms with Crippen LogP contribution in [0.3, 0.4) is 0 Å². The Balaban J connectivity index is 2.21. The molecule has 0 heterocycles. The van der Waals surface area contributed by atoms with Crippen LogP contribution in [0.4, 0.5) is 0 Å². The van der Waals surface area contributed by atoms with Crippen LogP contribution in [0.2, 0.25) is 0 Å². The van der Waals surface area contributed by atoms with Gasteiger partial charge in [0.05, 0.1) is 6.61 Å². The molecule has 0 atom stereocenters. The summed E-state index contributed by atoms with van der Waals surface area (Å²) in [6, 6.07) is 8.46. The fourth-order valence-electron chi connectivity index (χ4n) is 1.96. The fourth-order valence-corrected chi connectivity index (χ4v) is 1.96. The molecule has 0 unspecified atom stereocenters. The Morgan fingerprint density at radius 2 is 1.95 bits per heavy atom. The van der Waals surface area contributed by atoms with Crippen LogP contribution >= 0.6 is 0 Å². The highest BCUT2D eigenvalue weighted by Crippen LogP contribution is 2.13. The van der Waals surface area contributed by atoms with E-state index in [1.54, 1.807) is 0 Å². The molecule has 124 valence electrons. The zero-order chi connectivity index (χ0) is 16.2. The van der Waals surface area contributed by atoms with Gasteiger partial charge in [-0.1, -0.05) is 26.0 Å². The first kappa shape index (κ1) is 18.5. The Labute approximate surface area is 133 Å². The SMILES string of the molecule is CC(C)NCCCOc1ccc(CCC(=O)NCCN)cc1. The molecule has 0 bridgehead atoms. The number of carbonyl (C=O) groups is 1. The molecule has 0 saturated heterocycles. The largest absolute Gasteiger partial charge is 0.494 e. The van der Waals surface area contributed by atoms with Crippen molar-refractivity contribution in [1.82, 2.24) is 10.6 Å². The topological polar surface area (TPSA) is 76.4 Å². The van der Waals surface area contributed by atoms with Crippen molar-refractivity contribution in [2.75, 3.05) is 26.2 Å². The monoisotopic (exact) mass is 307 g/mol. The molecular weight excluding hydrogens is 278 g/mol. The minimum Gasteiger partial charge on any atom is -0.494 e. The van der Waals surface area contributed by atoms with E-state index in [1.807, 2.05) is 24.3 Å². The Kier molecular flexibility index (Phi) is 9.26. The summed E-state index contributed by atoms with van der Waals surface area (Å²) < 4.78 is 5.69. The Morgan fingerprint density at radius 3 is 2.59 bits per heavy atom. The summed E-state index contributed by atoms with van der Waals surface area (Å²) in [4.78, 5) is 11.5. The molecule has 1 amide bonds. The first-order chi connectivity index (χ1) is 10.6. The molecule has 1 rings (SSSR count). The van der Waals surface area contributed by atoms with Gasteiger partial charge in [0.25, 0.3) is 0 Å². The lowest BCUT2D eigenvalue weighted by molar-refractivity contribution is -0.120. The molecule has 5 nitrogen and oxygen atoms in total. The fraction of sp³-hybridized carbons (Fsp3) is 0.588. The van der Waals surface area contributed by atoms with E-state index in [0.717, 1.165) is 30.7 Å². The van der Waals surface area contributed by atoms with Gasteiger partial charge in [-0.2, -0.15) is 0 Å². The van der Waals surface area contributed by atoms with Gasteiger partial charge >= 0.3 is 0 Å². The number of hydrogen-bond donors (Lipinski definition) is 3. The van der Waals surface area contributed by atoms with E-state index < -0.39 is 0 Å². The van der Waals surface area contributed by atoms with Crippen LogP contribution in [0.15, 0.2) is 24.3 Å². The first-order valence-corrected chi connectivity index (χ1v) is 8.03. The Morgan fingerprint density at radius 1 is 1.23 bits per heavy atom. The maximum atomic E-state index is 11.5. The third-order valence-electron chi connectivity index (χ3n) is 3.17. The molecule has 0 aromatic heterocycles. The quantitative estimate of drug-likeness (QED) is 0.541. The summed E-state index contributed by atoms with van der Waals surface area (Å²) in [5.41, 5.74) is 6.48. The zero-order valence-electron chi connectivity index (χ0n) is 13.7. The number of nitrogens with one attached hydrogen (secondary N) is 2. The molecule has 0 aliphatic heterocycles. The smallest absolute Gasteiger partial charge is 0.220 e. The second-order valence-corrected chi connectivity index (χ2v) is 5.59. The van der Waals surface area contributed by atoms with Crippen molar-refractivity contribution in [3.8, 4) is 5.75 Å². The lowest BCUT2D eigenvalue weighted by atomic mass is 10.1. The molecule has 0 aliphatic rings. The summed E-state index contributed by atoms with van der Waals surface area (Å²) in [5, 5.41) is 6.12. The van der Waals surface area contributed by atoms with E-state index in [-0.39, 0.29) is 5.91 Å². The Hall–Kier alpha value is -1.59. The minimum atomic E-state index is 0.0448. The number of amides is 1. The second-order valence-electron chi connectivity index (χ2n) is 5.59. The maximum Gasteiger partial charge on any atom is 0.220 e. The zero-order valence-corrected chi connectivity index (χ0v) is 13.7. The summed E-state index contributed by atoms with van der Waals surface area (Å²) in [6.07, 6.45) is 2.21. The minimum absolute atomic E-state index is 0.0448. The number of aryl methyl sites for hydroxylation is 1. The van der Waals surface area contributed by atoms with Crippen LogP contribution in [0, 0.1) is 0 Å². The summed E-state index contributed by atoms with van der Waals surface area (Å²) >= 11 is 0. The van der Waals surface area contributed by atoms with Crippen LogP contribution in [0.1, 0.15) is 32.3 Å². The number of nitrogens with two attached hydrogens (primary N) is 1. The third-order valence-corrected chi connectivity index (χ3v) is 3.17. The van der Waals surface area contributed by atoms with Crippen molar-refractivity contribution in [1.29, 1.82) is 0 Å². The van der Waals surface area contributed by atoms with E-state index in [0.29, 0.717) is 32.2 Å². The molecule has 0 saturated carbocycles. The van der Waals surface area contributed by atoms with Crippen LogP contribution in [-0.2, 0) is 11.2 Å². The van der Waals surface area contributed by atoms with Gasteiger partial charge in [0, 0.05) is 25.6 Å². The van der Waals surface area contributed by atoms with Crippen molar-refractivity contribution in [2.45, 2.75) is 39.2 Å². The van der Waals surface area contributed by atoms with Gasteiger partial charge in [0.15, 0.2) is 0 Å². The number of hydrogen-bond acceptors (Lipinski definition) is 4. The number of benzene rings is 1. The highest BCUT2D eigenvalue weighted by Gasteiger charge is 2.02. The average Bonchev–Trinajstić information content (AvgIpc) is 2.51. The van der Waals surface area contributed by atoms with Gasteiger partial charge in [-0.3, -0.25) is 4.79 Å². The summed E-state index contributed by atoms with van der Waals surface area (Å²) in [5.74, 6) is 0.921. The van der Waals surface area contributed by atoms with Crippen molar-refractivity contribution >= 4 is 5.91 Å². The standard InChI is InChI=1S/C17H29N3O2/c1-14(2)19-11-3-13-22-16-7-4-15(5-8-16)6-9-17(21)20-12-10-18/h4-5,7-8,14,19H,3,6,9-13,18H2,1-2H3,(H,20,21). The number of rotatable bonds is 11. The van der Waals surface area contributed by atoms with Crippen LogP contribution in [-0.4, -0.2) is 38.2 Å².